The quantitative estimate of drug-likeness (QED) is 0.702. The van der Waals surface area contributed by atoms with Crippen LogP contribution in [0.5, 0.6) is 5.75 Å². The number of carbonyl (C=O) groups excluding carboxylic acids is 1. The Balaban J connectivity index is 1.78. The van der Waals surface area contributed by atoms with Crippen LogP contribution in [0.15, 0.2) is 65.6 Å². The molecule has 0 aliphatic heterocycles. The van der Waals surface area contributed by atoms with Gasteiger partial charge in [0.1, 0.15) is 5.75 Å². The summed E-state index contributed by atoms with van der Waals surface area (Å²) in [6.07, 6.45) is 0.160. The number of carbonyl (C=O) groups is 1. The van der Waals surface area contributed by atoms with E-state index in [1.54, 1.807) is 38.3 Å². The van der Waals surface area contributed by atoms with Gasteiger partial charge in [-0.25, -0.2) is 8.42 Å². The number of fused-ring (bicyclic) bond motifs is 1. The van der Waals surface area contributed by atoms with E-state index in [0.29, 0.717) is 5.69 Å². The minimum absolute atomic E-state index is 0.0530. The minimum Gasteiger partial charge on any atom is -0.496 e. The van der Waals surface area contributed by atoms with E-state index in [0.717, 1.165) is 22.1 Å². The second-order valence-corrected chi connectivity index (χ2v) is 8.41. The van der Waals surface area contributed by atoms with Gasteiger partial charge in [0.25, 0.3) is 0 Å². The third-order valence-electron chi connectivity index (χ3n) is 4.41. The molecule has 27 heavy (non-hydrogen) atoms. The van der Waals surface area contributed by atoms with Gasteiger partial charge in [-0.3, -0.25) is 4.79 Å². The fourth-order valence-corrected chi connectivity index (χ4v) is 3.80. The highest BCUT2D eigenvalue weighted by Gasteiger charge is 2.13. The Hall–Kier alpha value is -2.86. The fraction of sp³-hybridized carbons (Fsp3) is 0.190. The van der Waals surface area contributed by atoms with Crippen LogP contribution in [0.3, 0.4) is 0 Å². The molecule has 0 fully saturated rings. The molecule has 3 aromatic carbocycles. The van der Waals surface area contributed by atoms with Crippen molar-refractivity contribution < 1.29 is 17.9 Å². The maximum absolute atomic E-state index is 12.5. The number of ether oxygens (including phenoxy) is 1. The highest BCUT2D eigenvalue weighted by Crippen LogP contribution is 2.31. The molecule has 0 saturated heterocycles. The van der Waals surface area contributed by atoms with Crippen LogP contribution >= 0.6 is 0 Å². The van der Waals surface area contributed by atoms with E-state index in [9.17, 15) is 13.2 Å². The number of hydrogen-bond acceptors (Lipinski definition) is 4. The maximum atomic E-state index is 12.5. The number of hydrogen-bond donors (Lipinski definition) is 1. The normalized spacial score (nSPS) is 11.3. The van der Waals surface area contributed by atoms with Crippen LogP contribution in [0.4, 0.5) is 5.69 Å². The van der Waals surface area contributed by atoms with Crippen LogP contribution in [-0.4, -0.2) is 27.2 Å². The van der Waals surface area contributed by atoms with Crippen molar-refractivity contribution in [2.24, 2.45) is 0 Å². The minimum atomic E-state index is -3.24. The molecule has 3 aromatic rings. The highest BCUT2D eigenvalue weighted by atomic mass is 32.2. The molecule has 6 heteroatoms. The monoisotopic (exact) mass is 383 g/mol. The number of benzene rings is 3. The van der Waals surface area contributed by atoms with E-state index in [2.05, 4.69) is 5.32 Å². The van der Waals surface area contributed by atoms with Crippen molar-refractivity contribution in [3.05, 3.63) is 66.2 Å². The van der Waals surface area contributed by atoms with Gasteiger partial charge in [0.15, 0.2) is 9.84 Å². The third-order valence-corrected chi connectivity index (χ3v) is 6.16. The lowest BCUT2D eigenvalue weighted by Gasteiger charge is -2.12. The predicted octanol–water partition coefficient (Wildman–Crippen LogP) is 3.82. The van der Waals surface area contributed by atoms with Crippen molar-refractivity contribution in [1.82, 2.24) is 0 Å². The van der Waals surface area contributed by atoms with Gasteiger partial charge in [-0.05, 0) is 29.8 Å². The van der Waals surface area contributed by atoms with E-state index < -0.39 is 9.84 Å². The predicted molar refractivity (Wildman–Crippen MR) is 107 cm³/mol. The zero-order chi connectivity index (χ0) is 19.4. The second kappa shape index (κ2) is 7.80. The van der Waals surface area contributed by atoms with Crippen LogP contribution in [0.1, 0.15) is 12.5 Å². The van der Waals surface area contributed by atoms with Crippen LogP contribution in [0, 0.1) is 0 Å². The van der Waals surface area contributed by atoms with Crippen LogP contribution in [0.2, 0.25) is 0 Å². The van der Waals surface area contributed by atoms with Crippen molar-refractivity contribution >= 4 is 32.2 Å². The molecule has 0 aliphatic carbocycles. The molecule has 0 unspecified atom stereocenters. The summed E-state index contributed by atoms with van der Waals surface area (Å²) in [4.78, 5) is 12.7. The van der Waals surface area contributed by atoms with Gasteiger partial charge < -0.3 is 10.1 Å². The topological polar surface area (TPSA) is 72.5 Å². The summed E-state index contributed by atoms with van der Waals surface area (Å²) in [6.45, 7) is 1.61. The zero-order valence-corrected chi connectivity index (χ0v) is 16.0. The standard InChI is InChI=1S/C21H21NO4S/c1-3-27(24,25)16-10-8-15(9-11-16)14-21(23)22-19-12-13-20(26-2)18-7-5-4-6-17(18)19/h4-13H,3,14H2,1-2H3,(H,22,23). The van der Waals surface area contributed by atoms with Crippen molar-refractivity contribution in [3.63, 3.8) is 0 Å². The molecule has 0 aliphatic rings. The summed E-state index contributed by atoms with van der Waals surface area (Å²) in [5.41, 5.74) is 1.46. The van der Waals surface area contributed by atoms with Gasteiger partial charge in [-0.2, -0.15) is 0 Å². The zero-order valence-electron chi connectivity index (χ0n) is 15.2. The lowest BCUT2D eigenvalue weighted by atomic mass is 10.1. The molecule has 140 valence electrons. The van der Waals surface area contributed by atoms with Gasteiger partial charge in [0, 0.05) is 16.5 Å². The summed E-state index contributed by atoms with van der Waals surface area (Å²) < 4.78 is 29.1. The average molecular weight is 383 g/mol. The third kappa shape index (κ3) is 4.11. The van der Waals surface area contributed by atoms with Gasteiger partial charge in [-0.15, -0.1) is 0 Å². The first-order valence-electron chi connectivity index (χ1n) is 8.62. The summed E-state index contributed by atoms with van der Waals surface area (Å²) in [7, 11) is -1.62. The van der Waals surface area contributed by atoms with Gasteiger partial charge in [0.2, 0.25) is 5.91 Å². The lowest BCUT2D eigenvalue weighted by Crippen LogP contribution is -2.14. The molecule has 0 atom stereocenters. The summed E-state index contributed by atoms with van der Waals surface area (Å²) in [6, 6.07) is 17.8. The van der Waals surface area contributed by atoms with E-state index in [1.807, 2.05) is 36.4 Å². The molecule has 1 amide bonds. The first kappa shape index (κ1) is 18.9. The molecule has 0 spiro atoms. The van der Waals surface area contributed by atoms with Crippen LogP contribution in [-0.2, 0) is 21.1 Å². The second-order valence-electron chi connectivity index (χ2n) is 6.13. The summed E-state index contributed by atoms with van der Waals surface area (Å²) in [5.74, 6) is 0.630. The van der Waals surface area contributed by atoms with Crippen LogP contribution in [0.25, 0.3) is 10.8 Å². The van der Waals surface area contributed by atoms with Crippen LogP contribution < -0.4 is 10.1 Å². The molecule has 0 aromatic heterocycles. The Morgan fingerprint density at radius 1 is 0.963 bits per heavy atom. The van der Waals surface area contributed by atoms with Gasteiger partial charge in [0.05, 0.1) is 24.2 Å². The Kier molecular flexibility index (Phi) is 5.46. The van der Waals surface area contributed by atoms with Crippen molar-refractivity contribution in [3.8, 4) is 5.75 Å². The van der Waals surface area contributed by atoms with Crippen molar-refractivity contribution in [2.75, 3.05) is 18.2 Å². The Labute approximate surface area is 158 Å². The fourth-order valence-electron chi connectivity index (χ4n) is 2.92. The van der Waals surface area contributed by atoms with E-state index in [4.69, 9.17) is 4.74 Å². The van der Waals surface area contributed by atoms with Crippen molar-refractivity contribution in [2.45, 2.75) is 18.2 Å². The number of rotatable bonds is 6. The number of sulfone groups is 1. The SMILES string of the molecule is CCS(=O)(=O)c1ccc(CC(=O)Nc2ccc(OC)c3ccccc23)cc1. The first-order valence-corrected chi connectivity index (χ1v) is 10.3. The van der Waals surface area contributed by atoms with Gasteiger partial charge in [-0.1, -0.05) is 43.3 Å². The van der Waals surface area contributed by atoms with E-state index in [1.165, 1.54) is 0 Å². The largest absolute Gasteiger partial charge is 0.496 e. The molecule has 1 N–H and O–H groups in total. The molecular weight excluding hydrogens is 362 g/mol. The Morgan fingerprint density at radius 3 is 2.26 bits per heavy atom. The average Bonchev–Trinajstić information content (AvgIpc) is 2.68. The van der Waals surface area contributed by atoms with E-state index >= 15 is 0 Å². The maximum Gasteiger partial charge on any atom is 0.228 e. The Bertz CT molecular complexity index is 1070. The first-order chi connectivity index (χ1) is 12.9. The molecule has 0 bridgehead atoms. The summed E-state index contributed by atoms with van der Waals surface area (Å²) in [5, 5.41) is 4.75. The Morgan fingerprint density at radius 2 is 1.63 bits per heavy atom. The van der Waals surface area contributed by atoms with Crippen molar-refractivity contribution in [1.29, 1.82) is 0 Å². The number of amides is 1. The number of anilines is 1. The summed E-state index contributed by atoms with van der Waals surface area (Å²) >= 11 is 0. The van der Waals surface area contributed by atoms with Gasteiger partial charge >= 0.3 is 0 Å². The highest BCUT2D eigenvalue weighted by molar-refractivity contribution is 7.91. The molecule has 0 saturated carbocycles. The smallest absolute Gasteiger partial charge is 0.228 e. The number of methoxy groups -OCH3 is 1. The lowest BCUT2D eigenvalue weighted by molar-refractivity contribution is -0.115. The number of nitrogens with one attached hydrogen (secondary N) is 1. The molecule has 5 nitrogen and oxygen atoms in total. The molecule has 3 rings (SSSR count). The molecule has 0 heterocycles. The van der Waals surface area contributed by atoms with E-state index in [-0.39, 0.29) is 23.0 Å². The molecule has 0 radical (unpaired) electrons. The molecular formula is C21H21NO4S.